The molecule has 1 heterocycles. The lowest BCUT2D eigenvalue weighted by molar-refractivity contribution is -0.384. The largest absolute Gasteiger partial charge is 0.454 e. The summed E-state index contributed by atoms with van der Waals surface area (Å²) >= 11 is 0. The molecule has 0 spiro atoms. The fourth-order valence-electron chi connectivity index (χ4n) is 3.32. The van der Waals surface area contributed by atoms with Crippen LogP contribution >= 0.6 is 0 Å². The van der Waals surface area contributed by atoms with E-state index in [0.717, 1.165) is 17.5 Å². The molecule has 0 aliphatic rings. The zero-order valence-electron chi connectivity index (χ0n) is 17.0. The summed E-state index contributed by atoms with van der Waals surface area (Å²) in [6.07, 6.45) is 0. The third-order valence-corrected chi connectivity index (χ3v) is 4.53. The minimum atomic E-state index is -0.778. The fraction of sp³-hybridized carbons (Fsp3) is 0.400. The molecule has 1 aromatic heterocycles. The van der Waals surface area contributed by atoms with Crippen LogP contribution in [-0.4, -0.2) is 41.9 Å². The number of ketones is 1. The second-order valence-corrected chi connectivity index (χ2v) is 7.10. The van der Waals surface area contributed by atoms with Crippen molar-refractivity contribution in [1.82, 2.24) is 4.57 Å². The van der Waals surface area contributed by atoms with E-state index >= 15 is 0 Å². The number of hydrogen-bond acceptors (Lipinski definition) is 6. The van der Waals surface area contributed by atoms with E-state index < -0.39 is 17.5 Å². The van der Waals surface area contributed by atoms with Gasteiger partial charge in [0.2, 0.25) is 5.78 Å². The van der Waals surface area contributed by atoms with Crippen LogP contribution in [0.1, 0.15) is 52.0 Å². The Morgan fingerprint density at radius 2 is 1.86 bits per heavy atom. The molecule has 0 radical (unpaired) electrons. The summed E-state index contributed by atoms with van der Waals surface area (Å²) in [5, 5.41) is 11.2. The lowest BCUT2D eigenvalue weighted by atomic mass is 10.1. The first-order valence-electron chi connectivity index (χ1n) is 8.89. The summed E-state index contributed by atoms with van der Waals surface area (Å²) in [4.78, 5) is 37.1. The van der Waals surface area contributed by atoms with Crippen LogP contribution in [0.3, 0.4) is 0 Å². The first kappa shape index (κ1) is 21.1. The molecular weight excluding hydrogens is 362 g/mol. The molecule has 0 aliphatic heterocycles. The van der Waals surface area contributed by atoms with Gasteiger partial charge in [-0.05, 0) is 45.9 Å². The van der Waals surface area contributed by atoms with Crippen LogP contribution in [0.5, 0.6) is 0 Å². The van der Waals surface area contributed by atoms with Crippen molar-refractivity contribution in [3.05, 3.63) is 56.9 Å². The molecule has 2 rings (SSSR count). The van der Waals surface area contributed by atoms with Gasteiger partial charge in [0, 0.05) is 43.2 Å². The van der Waals surface area contributed by atoms with Gasteiger partial charge in [0.05, 0.1) is 10.5 Å². The maximum atomic E-state index is 12.5. The number of anilines is 1. The average molecular weight is 387 g/mol. The Labute approximate surface area is 163 Å². The van der Waals surface area contributed by atoms with Gasteiger partial charge in [0.1, 0.15) is 5.69 Å². The normalized spacial score (nSPS) is 10.8. The lowest BCUT2D eigenvalue weighted by Crippen LogP contribution is -2.16. The van der Waals surface area contributed by atoms with Gasteiger partial charge in [-0.2, -0.15) is 0 Å². The Bertz CT molecular complexity index is 928. The van der Waals surface area contributed by atoms with Crippen molar-refractivity contribution in [3.8, 4) is 0 Å². The Morgan fingerprint density at radius 1 is 1.21 bits per heavy atom. The van der Waals surface area contributed by atoms with Gasteiger partial charge >= 0.3 is 5.97 Å². The number of nitrogens with zero attached hydrogens (tertiary/aromatic N) is 3. The van der Waals surface area contributed by atoms with Gasteiger partial charge in [-0.15, -0.1) is 0 Å². The van der Waals surface area contributed by atoms with Crippen molar-refractivity contribution in [2.24, 2.45) is 0 Å². The van der Waals surface area contributed by atoms with Crippen LogP contribution in [0.15, 0.2) is 24.3 Å². The molecule has 0 fully saturated rings. The maximum absolute atomic E-state index is 12.5. The standard InChI is InChI=1S/C20H25N3O5/c1-12(2)22-13(3)9-16(14(22)4)19(24)11-28-20(25)15-7-8-17(21(5)6)18(10-15)23(26)27/h7-10,12H,11H2,1-6H3. The number of Topliss-reactive ketones (excluding diaryl/α,β-unsaturated/α-hetero) is 1. The molecule has 0 saturated carbocycles. The van der Waals surface area contributed by atoms with Crippen LogP contribution in [0.2, 0.25) is 0 Å². The van der Waals surface area contributed by atoms with E-state index in [9.17, 15) is 19.7 Å². The van der Waals surface area contributed by atoms with Crippen LogP contribution in [0, 0.1) is 24.0 Å². The summed E-state index contributed by atoms with van der Waals surface area (Å²) in [5.41, 5.74) is 2.48. The van der Waals surface area contributed by atoms with Crippen molar-refractivity contribution in [2.75, 3.05) is 25.6 Å². The monoisotopic (exact) mass is 387 g/mol. The highest BCUT2D eigenvalue weighted by Crippen LogP contribution is 2.28. The number of ether oxygens (including phenoxy) is 1. The van der Waals surface area contributed by atoms with Crippen molar-refractivity contribution >= 4 is 23.1 Å². The number of aromatic nitrogens is 1. The number of aryl methyl sites for hydroxylation is 1. The third-order valence-electron chi connectivity index (χ3n) is 4.53. The van der Waals surface area contributed by atoms with Gasteiger partial charge in [0.25, 0.3) is 5.69 Å². The molecule has 0 atom stereocenters. The van der Waals surface area contributed by atoms with Crippen LogP contribution < -0.4 is 4.90 Å². The van der Waals surface area contributed by atoms with Crippen LogP contribution in [0.25, 0.3) is 0 Å². The smallest absolute Gasteiger partial charge is 0.338 e. The topological polar surface area (TPSA) is 94.7 Å². The summed E-state index contributed by atoms with van der Waals surface area (Å²) in [6.45, 7) is 7.40. The molecule has 2 aromatic rings. The predicted molar refractivity (Wildman–Crippen MR) is 106 cm³/mol. The lowest BCUT2D eigenvalue weighted by Gasteiger charge is -2.14. The molecule has 8 heteroatoms. The molecular formula is C20H25N3O5. The molecule has 28 heavy (non-hydrogen) atoms. The van der Waals surface area contributed by atoms with Gasteiger partial charge in [-0.3, -0.25) is 14.9 Å². The average Bonchev–Trinajstić information content (AvgIpc) is 2.93. The summed E-state index contributed by atoms with van der Waals surface area (Å²) in [7, 11) is 3.35. The number of carbonyl (C=O) groups excluding carboxylic acids is 2. The van der Waals surface area contributed by atoms with E-state index in [2.05, 4.69) is 0 Å². The SMILES string of the molecule is Cc1cc(C(=O)COC(=O)c2ccc(N(C)C)c([N+](=O)[O-])c2)c(C)n1C(C)C. The number of nitro benzene ring substituents is 1. The number of benzene rings is 1. The van der Waals surface area contributed by atoms with Gasteiger partial charge in [-0.1, -0.05) is 0 Å². The predicted octanol–water partition coefficient (Wildman–Crippen LogP) is 3.70. The molecule has 0 bridgehead atoms. The Morgan fingerprint density at radius 3 is 2.36 bits per heavy atom. The first-order valence-corrected chi connectivity index (χ1v) is 8.89. The zero-order chi connectivity index (χ0) is 21.2. The summed E-state index contributed by atoms with van der Waals surface area (Å²) in [5.74, 6) is -1.09. The Balaban J connectivity index is 2.16. The molecule has 0 amide bonds. The highest BCUT2D eigenvalue weighted by Gasteiger charge is 2.22. The number of hydrogen-bond donors (Lipinski definition) is 0. The third kappa shape index (κ3) is 4.21. The molecule has 0 saturated heterocycles. The van der Waals surface area contributed by atoms with E-state index in [0.29, 0.717) is 11.3 Å². The molecule has 0 aliphatic carbocycles. The minimum absolute atomic E-state index is 0.0257. The number of carbonyl (C=O) groups is 2. The second-order valence-electron chi connectivity index (χ2n) is 7.10. The van der Waals surface area contributed by atoms with E-state index in [1.165, 1.54) is 12.1 Å². The van der Waals surface area contributed by atoms with E-state index in [4.69, 9.17) is 4.74 Å². The molecule has 0 N–H and O–H groups in total. The zero-order valence-corrected chi connectivity index (χ0v) is 17.0. The van der Waals surface area contributed by atoms with Gasteiger partial charge < -0.3 is 14.2 Å². The van der Waals surface area contributed by atoms with Crippen LogP contribution in [0.4, 0.5) is 11.4 Å². The Hall–Kier alpha value is -3.16. The quantitative estimate of drug-likeness (QED) is 0.311. The minimum Gasteiger partial charge on any atom is -0.454 e. The van der Waals surface area contributed by atoms with Crippen molar-refractivity contribution in [3.63, 3.8) is 0 Å². The first-order chi connectivity index (χ1) is 13.0. The van der Waals surface area contributed by atoms with E-state index in [1.54, 1.807) is 25.1 Å². The highest BCUT2D eigenvalue weighted by atomic mass is 16.6. The molecule has 0 unspecified atom stereocenters. The van der Waals surface area contributed by atoms with Crippen molar-refractivity contribution < 1.29 is 19.2 Å². The summed E-state index contributed by atoms with van der Waals surface area (Å²) < 4.78 is 7.15. The maximum Gasteiger partial charge on any atom is 0.338 e. The van der Waals surface area contributed by atoms with Crippen molar-refractivity contribution in [2.45, 2.75) is 33.7 Å². The molecule has 8 nitrogen and oxygen atoms in total. The van der Waals surface area contributed by atoms with E-state index in [1.807, 2.05) is 32.3 Å². The Kier molecular flexibility index (Phi) is 6.23. The molecule has 150 valence electrons. The van der Waals surface area contributed by atoms with Crippen LogP contribution in [-0.2, 0) is 4.74 Å². The van der Waals surface area contributed by atoms with Gasteiger partial charge in [0.15, 0.2) is 6.61 Å². The number of rotatable bonds is 7. The van der Waals surface area contributed by atoms with Crippen molar-refractivity contribution in [1.29, 1.82) is 0 Å². The number of nitro groups is 1. The number of esters is 1. The second kappa shape index (κ2) is 8.24. The fourth-order valence-corrected chi connectivity index (χ4v) is 3.32. The van der Waals surface area contributed by atoms with Gasteiger partial charge in [-0.25, -0.2) is 4.79 Å². The highest BCUT2D eigenvalue weighted by molar-refractivity contribution is 6.00. The molecule has 1 aromatic carbocycles. The van der Waals surface area contributed by atoms with E-state index in [-0.39, 0.29) is 23.1 Å². The summed E-state index contributed by atoms with van der Waals surface area (Å²) in [6, 6.07) is 6.07.